The van der Waals surface area contributed by atoms with Crippen molar-refractivity contribution >= 4 is 71.1 Å². The lowest BCUT2D eigenvalue weighted by atomic mass is 9.91. The van der Waals surface area contributed by atoms with Crippen molar-refractivity contribution in [1.29, 1.82) is 0 Å². The molecule has 12 amide bonds. The van der Waals surface area contributed by atoms with Gasteiger partial charge in [-0.1, -0.05) is 109 Å². The molecule has 0 saturated carbocycles. The molecule has 3 fully saturated rings. The number of fused-ring (bicyclic) bond motifs is 1. The maximum absolute atomic E-state index is 15.4. The van der Waals surface area contributed by atoms with Gasteiger partial charge in [-0.2, -0.15) is 0 Å². The van der Waals surface area contributed by atoms with E-state index in [0.29, 0.717) is 13.1 Å². The highest BCUT2D eigenvalue weighted by Crippen LogP contribution is 2.29. The van der Waals surface area contributed by atoms with Gasteiger partial charge in [0.1, 0.15) is 72.6 Å². The van der Waals surface area contributed by atoms with Crippen LogP contribution in [-0.4, -0.2) is 256 Å². The molecule has 3 aliphatic rings. The van der Waals surface area contributed by atoms with E-state index >= 15 is 28.8 Å². The van der Waals surface area contributed by atoms with Gasteiger partial charge < -0.3 is 70.3 Å². The first-order valence-corrected chi connectivity index (χ1v) is 34.0. The molecule has 0 aromatic carbocycles. The van der Waals surface area contributed by atoms with Gasteiger partial charge in [-0.25, -0.2) is 4.79 Å². The predicted octanol–water partition coefficient (Wildman–Crippen LogP) is 3.62. The Balaban J connectivity index is 2.39. The number of aliphatic hydroxyl groups excluding tert-OH is 1. The van der Waals surface area contributed by atoms with Gasteiger partial charge in [-0.15, -0.1) is 0 Å². The first-order chi connectivity index (χ1) is 43.7. The molecule has 3 heterocycles. The van der Waals surface area contributed by atoms with Crippen LogP contribution < -0.4 is 21.3 Å². The second-order valence-corrected chi connectivity index (χ2v) is 28.8. The molecule has 0 radical (unpaired) electrons. The van der Waals surface area contributed by atoms with E-state index in [0.717, 1.165) is 17.7 Å². The number of nitrogens with zero attached hydrogens (tertiary/aromatic N) is 8. The average molecular weight is 1330 g/mol. The average Bonchev–Trinajstić information content (AvgIpc) is 1.68. The summed E-state index contributed by atoms with van der Waals surface area (Å²) in [7, 11) is 8.47. The third kappa shape index (κ3) is 20.8. The maximum atomic E-state index is 15.4. The quantitative estimate of drug-likeness (QED) is 0.146. The molecule has 0 aliphatic carbocycles. The summed E-state index contributed by atoms with van der Waals surface area (Å²) in [6.07, 6.45) is 2.29. The third-order valence-electron chi connectivity index (χ3n) is 18.6. The number of hydrogen-bond acceptors (Lipinski definition) is 14. The van der Waals surface area contributed by atoms with E-state index < -0.39 is 173 Å². The SMILES string of the molecule is C/C=C/C[C@@H](C)[C@@H](O)[C@H]1C(=O)N[C@@H](CC)C(=O)N2CC(OC(=O)N3CCCC3)C[C@@H]2C(=O)N(C)[C@@H](C(C)C)C(=O)N[C@@H](C(C)C)C(=O)N(C)[C@@H](CC(C)C)C(=O)N[C@@H](C)C(=O)N[C@H](C)C(=O)N(C)[C@@H](CC(C)C)C(=O)N(C)[C@@H](CC(C)C)C(=O)N(C)[C@@H](C(C)C)C(=O)N1C. The monoisotopic (exact) mass is 1330 g/mol. The van der Waals surface area contributed by atoms with Gasteiger partial charge in [0.15, 0.2) is 0 Å². The van der Waals surface area contributed by atoms with Crippen LogP contribution in [0.25, 0.3) is 0 Å². The molecule has 26 nitrogen and oxygen atoms in total. The molecule has 14 atom stereocenters. The summed E-state index contributed by atoms with van der Waals surface area (Å²) in [5.74, 6) is -10.9. The smallest absolute Gasteiger partial charge is 0.410 e. The molecule has 3 saturated heterocycles. The molecule has 26 heteroatoms. The van der Waals surface area contributed by atoms with Crippen LogP contribution in [-0.2, 0) is 57.5 Å². The zero-order chi connectivity index (χ0) is 71.8. The van der Waals surface area contributed by atoms with E-state index in [1.165, 1.54) is 90.4 Å². The van der Waals surface area contributed by atoms with E-state index in [9.17, 15) is 33.9 Å². The van der Waals surface area contributed by atoms with E-state index in [1.54, 1.807) is 74.5 Å². The van der Waals surface area contributed by atoms with Crippen molar-refractivity contribution in [3.05, 3.63) is 12.2 Å². The normalized spacial score (nSPS) is 28.4. The molecule has 0 aromatic rings. The summed E-state index contributed by atoms with van der Waals surface area (Å²) in [5, 5.41) is 23.4. The minimum atomic E-state index is -1.69. The number of likely N-dealkylation sites (N-methyl/N-ethyl adjacent to an activating group) is 6. The summed E-state index contributed by atoms with van der Waals surface area (Å²) >= 11 is 0. The fourth-order valence-corrected chi connectivity index (χ4v) is 12.9. The molecule has 0 bridgehead atoms. The lowest BCUT2D eigenvalue weighted by molar-refractivity contribution is -0.157. The number of ether oxygens (including phenoxy) is 1. The molecule has 1 unspecified atom stereocenters. The minimum Gasteiger partial charge on any atom is -0.444 e. The van der Waals surface area contributed by atoms with E-state index in [1.807, 2.05) is 41.5 Å². The van der Waals surface area contributed by atoms with Crippen molar-refractivity contribution in [3.63, 3.8) is 0 Å². The van der Waals surface area contributed by atoms with Gasteiger partial charge in [-0.05, 0) is 107 Å². The van der Waals surface area contributed by atoms with Crippen molar-refractivity contribution in [2.75, 3.05) is 61.9 Å². The topological polar surface area (TPSA) is 308 Å². The predicted molar refractivity (Wildman–Crippen MR) is 357 cm³/mol. The molecule has 3 aliphatic heterocycles. The Kier molecular flexibility index (Phi) is 31.4. The second kappa shape index (κ2) is 36.3. The van der Waals surface area contributed by atoms with Gasteiger partial charge in [0.05, 0.1) is 12.6 Å². The zero-order valence-corrected chi connectivity index (χ0v) is 60.8. The minimum absolute atomic E-state index is 0.0647. The van der Waals surface area contributed by atoms with Crippen molar-refractivity contribution in [3.8, 4) is 0 Å². The van der Waals surface area contributed by atoms with Crippen LogP contribution in [0.4, 0.5) is 4.79 Å². The number of aliphatic hydroxyl groups is 1. The Morgan fingerprint density at radius 1 is 0.521 bits per heavy atom. The van der Waals surface area contributed by atoms with Crippen molar-refractivity contribution in [1.82, 2.24) is 60.5 Å². The van der Waals surface area contributed by atoms with Crippen molar-refractivity contribution < 1.29 is 67.4 Å². The number of likely N-dealkylation sites (tertiary alicyclic amines) is 1. The second-order valence-electron chi connectivity index (χ2n) is 28.8. The van der Waals surface area contributed by atoms with Gasteiger partial charge in [0.2, 0.25) is 65.0 Å². The molecule has 0 spiro atoms. The molecule has 534 valence electrons. The standard InChI is InChI=1S/C68H118N12O14/c1-24-26-29-43(15)56(81)55-60(85)71-47(25-2)62(87)80-36-46(94-68(93)79-30-27-28-31-79)35-51(80)65(90)76(21)53(41(11)12)59(84)72-52(40(9)10)66(91)73(18)48(32-37(3)4)58(83)69-44(16)57(82)70-45(17)61(86)74(19)49(33-38(5)6)63(88)75(20)50(34-39(7)8)64(89)77(22)54(42(13)14)67(92)78(55)23/h24,26,37-56,81H,25,27-36H2,1-23H3,(H,69,83)(H,70,82)(H,71,85)(H,72,84)/b26-24+/t43-,44+,45-,46?,47+,48+,49+,50+,51-,52+,53+,54+,55+,56-/m1/s1. The van der Waals surface area contributed by atoms with Gasteiger partial charge in [0.25, 0.3) is 0 Å². The lowest BCUT2D eigenvalue weighted by Crippen LogP contribution is -2.64. The number of nitrogens with one attached hydrogen (secondary N) is 4. The summed E-state index contributed by atoms with van der Waals surface area (Å²) < 4.78 is 6.00. The van der Waals surface area contributed by atoms with Crippen LogP contribution >= 0.6 is 0 Å². The summed E-state index contributed by atoms with van der Waals surface area (Å²) in [6.45, 7) is 30.0. The van der Waals surface area contributed by atoms with Gasteiger partial charge in [0, 0.05) is 61.8 Å². The molecular formula is C68H118N12O14. The van der Waals surface area contributed by atoms with Crippen LogP contribution in [0, 0.1) is 41.4 Å². The zero-order valence-electron chi connectivity index (χ0n) is 60.8. The Hall–Kier alpha value is -6.86. The molecule has 5 N–H and O–H groups in total. The van der Waals surface area contributed by atoms with Crippen LogP contribution in [0.5, 0.6) is 0 Å². The third-order valence-corrected chi connectivity index (χ3v) is 18.6. The molecule has 94 heavy (non-hydrogen) atoms. The fourth-order valence-electron chi connectivity index (χ4n) is 12.9. The molecule has 0 aromatic heterocycles. The Morgan fingerprint density at radius 2 is 0.979 bits per heavy atom. The van der Waals surface area contributed by atoms with Crippen LogP contribution in [0.2, 0.25) is 0 Å². The van der Waals surface area contributed by atoms with Crippen molar-refractivity contribution in [2.24, 2.45) is 41.4 Å². The highest BCUT2D eigenvalue weighted by molar-refractivity contribution is 6.00. The maximum Gasteiger partial charge on any atom is 0.410 e. The first-order valence-electron chi connectivity index (χ1n) is 34.0. The first kappa shape index (κ1) is 81.4. The number of amides is 12. The van der Waals surface area contributed by atoms with Crippen molar-refractivity contribution in [2.45, 2.75) is 248 Å². The molecular weight excluding hydrogens is 1210 g/mol. The Bertz CT molecular complexity index is 2680. The Morgan fingerprint density at radius 3 is 1.47 bits per heavy atom. The number of carbonyl (C=O) groups is 12. The number of hydrogen-bond donors (Lipinski definition) is 5. The number of rotatable bonds is 15. The van der Waals surface area contributed by atoms with E-state index in [-0.39, 0.29) is 62.8 Å². The summed E-state index contributed by atoms with van der Waals surface area (Å²) in [4.78, 5) is 188. The van der Waals surface area contributed by atoms with Crippen LogP contribution in [0.15, 0.2) is 12.2 Å². The number of carbonyl (C=O) groups excluding carboxylic acids is 12. The van der Waals surface area contributed by atoms with Gasteiger partial charge in [-0.3, -0.25) is 52.7 Å². The van der Waals surface area contributed by atoms with E-state index in [4.69, 9.17) is 4.74 Å². The van der Waals surface area contributed by atoms with Crippen LogP contribution in [0.1, 0.15) is 169 Å². The lowest BCUT2D eigenvalue weighted by Gasteiger charge is -2.41. The summed E-state index contributed by atoms with van der Waals surface area (Å²) in [5.41, 5.74) is 0. The number of allylic oxidation sites excluding steroid dienone is 2. The Labute approximate surface area is 560 Å². The fraction of sp³-hybridized carbons (Fsp3) is 0.794. The highest BCUT2D eigenvalue weighted by Gasteiger charge is 2.50. The largest absolute Gasteiger partial charge is 0.444 e. The highest BCUT2D eigenvalue weighted by atomic mass is 16.6. The van der Waals surface area contributed by atoms with E-state index in [2.05, 4.69) is 21.3 Å². The molecule has 3 rings (SSSR count). The van der Waals surface area contributed by atoms with Crippen LogP contribution in [0.3, 0.4) is 0 Å². The van der Waals surface area contributed by atoms with Gasteiger partial charge >= 0.3 is 6.09 Å². The summed E-state index contributed by atoms with van der Waals surface area (Å²) in [6, 6.07) is -14.3.